The first-order valence-corrected chi connectivity index (χ1v) is 3.84. The van der Waals surface area contributed by atoms with Crippen LogP contribution in [0.3, 0.4) is 0 Å². The molecule has 0 saturated carbocycles. The normalized spacial score (nSPS) is 6.00. The molecule has 0 aliphatic heterocycles. The Kier molecular flexibility index (Phi) is 55.2. The first-order valence-electron chi connectivity index (χ1n) is 1.09. The van der Waals surface area contributed by atoms with Crippen LogP contribution < -0.4 is 154 Å². The summed E-state index contributed by atoms with van der Waals surface area (Å²) in [4.78, 5) is 0. The van der Waals surface area contributed by atoms with Gasteiger partial charge in [0.1, 0.15) is 0 Å². The molecule has 0 aromatic heterocycles. The Labute approximate surface area is 204 Å². The Morgan fingerprint density at radius 3 is 1.27 bits per heavy atom. The van der Waals surface area contributed by atoms with E-state index in [-0.39, 0.29) is 154 Å². The van der Waals surface area contributed by atoms with Gasteiger partial charge in [-0.1, -0.05) is 12.2 Å². The van der Waals surface area contributed by atoms with Crippen LogP contribution in [0.15, 0.2) is 0 Å². The summed E-state index contributed by atoms with van der Waals surface area (Å²) in [7, 11) is -4.33. The van der Waals surface area contributed by atoms with Gasteiger partial charge in [-0.25, -0.2) is 0 Å². The van der Waals surface area contributed by atoms with E-state index in [0.29, 0.717) is 0 Å². The van der Waals surface area contributed by atoms with E-state index in [2.05, 4.69) is 23.4 Å². The van der Waals surface area contributed by atoms with Gasteiger partial charge < -0.3 is 14.5 Å². The molecule has 0 fully saturated rings. The summed E-state index contributed by atoms with van der Waals surface area (Å²) in [6.45, 7) is 0. The minimum atomic E-state index is -4.33. The van der Waals surface area contributed by atoms with Crippen LogP contribution in [0.2, 0.25) is 0 Å². The van der Waals surface area contributed by atoms with E-state index in [4.69, 9.17) is 18.7 Å². The molecule has 0 heterocycles. The Morgan fingerprint density at radius 2 is 1.27 bits per heavy atom. The summed E-state index contributed by atoms with van der Waals surface area (Å²) < 4.78 is 26.7. The molecule has 0 bridgehead atoms. The number of nitrogens with zero attached hydrogens (tertiary/aromatic N) is 1. The molecule has 4 nitrogen and oxygen atoms in total. The molecule has 0 aliphatic carbocycles. The Morgan fingerprint density at radius 1 is 1.27 bits per heavy atom. The molecule has 0 aromatic rings. The van der Waals surface area contributed by atoms with E-state index in [1.54, 1.807) is 0 Å². The van der Waals surface area contributed by atoms with Crippen LogP contribution in [0.4, 0.5) is 0 Å². The molecular formula is CK3NO3S3. The fourth-order valence-corrected chi connectivity index (χ4v) is 0. The largest absolute Gasteiger partial charge is 1.00 e. The molecule has 0 unspecified atom stereocenters. The van der Waals surface area contributed by atoms with Gasteiger partial charge in [0, 0.05) is 0 Å². The summed E-state index contributed by atoms with van der Waals surface area (Å²) in [6.07, 6.45) is 0. The van der Waals surface area contributed by atoms with Crippen LogP contribution in [-0.4, -0.2) is 18.5 Å². The van der Waals surface area contributed by atoms with Gasteiger partial charge in [-0.3, -0.25) is 4.21 Å². The molecule has 11 heavy (non-hydrogen) atoms. The maximum Gasteiger partial charge on any atom is 1.00 e. The van der Waals surface area contributed by atoms with Gasteiger partial charge in [0.2, 0.25) is 0 Å². The van der Waals surface area contributed by atoms with Gasteiger partial charge in [-0.2, -0.15) is 5.16 Å². The van der Waals surface area contributed by atoms with Crippen molar-refractivity contribution in [1.29, 1.82) is 0 Å². The van der Waals surface area contributed by atoms with Crippen LogP contribution in [0.5, 0.6) is 0 Å². The van der Waals surface area contributed by atoms with Crippen LogP contribution in [-0.2, 0) is 20.2 Å². The average Bonchev–Trinajstić information content (AvgIpc) is 1.27. The van der Waals surface area contributed by atoms with Crippen molar-refractivity contribution in [2.45, 2.75) is 0 Å². The molecule has 0 N–H and O–H groups in total. The molecule has 0 spiro atoms. The Hall–Kier alpha value is 5.00. The molecule has 0 radical (unpaired) electrons. The van der Waals surface area contributed by atoms with E-state index in [1.165, 1.54) is 5.16 Å². The van der Waals surface area contributed by atoms with Crippen molar-refractivity contribution in [2.24, 2.45) is 0 Å². The molecular weight excluding hydrogens is 288 g/mol. The number of isothiocyanates is 1. The Bertz CT molecular complexity index is 164. The molecule has 0 saturated heterocycles. The smallest absolute Gasteiger partial charge is 0.780 e. The molecule has 0 aliphatic rings. The quantitative estimate of drug-likeness (QED) is 0.251. The maximum absolute atomic E-state index is 8.89. The van der Waals surface area contributed by atoms with Crippen molar-refractivity contribution in [1.82, 2.24) is 0 Å². The summed E-state index contributed by atoms with van der Waals surface area (Å²) >= 11 is 6.94. The van der Waals surface area contributed by atoms with Gasteiger partial charge in [-0.05, 0) is 11.2 Å². The predicted molar refractivity (Wildman–Crippen MR) is 33.0 cm³/mol. The molecule has 0 rings (SSSR count). The van der Waals surface area contributed by atoms with E-state index >= 15 is 0 Å². The van der Waals surface area contributed by atoms with E-state index in [9.17, 15) is 0 Å². The summed E-state index contributed by atoms with van der Waals surface area (Å²) in [5, 5.41) is 8.47. The van der Waals surface area contributed by atoms with Gasteiger partial charge >= 0.3 is 154 Å². The van der Waals surface area contributed by atoms with E-state index in [0.717, 1.165) is 0 Å². The number of thiocarbonyl (C=S) groups is 1. The summed E-state index contributed by atoms with van der Waals surface area (Å²) in [5.41, 5.74) is 0. The Balaban J connectivity index is -0.0000000183. The van der Waals surface area contributed by atoms with Gasteiger partial charge in [-0.15, -0.1) is 9.05 Å². The van der Waals surface area contributed by atoms with E-state index < -0.39 is 9.05 Å². The van der Waals surface area contributed by atoms with Crippen molar-refractivity contribution >= 4 is 37.6 Å². The number of hydrogen-bond acceptors (Lipinski definition) is 5. The first kappa shape index (κ1) is 29.8. The third kappa shape index (κ3) is 101. The van der Waals surface area contributed by atoms with Crippen LogP contribution >= 0.6 is 12.2 Å². The molecule has 48 valence electrons. The van der Waals surface area contributed by atoms with Gasteiger partial charge in [0.05, 0.1) is 0 Å². The first-order chi connectivity index (χ1) is 3.41. The number of hydrogen-bond donors (Lipinski definition) is 0. The second-order valence-electron chi connectivity index (χ2n) is 0.500. The van der Waals surface area contributed by atoms with Crippen LogP contribution in [0.1, 0.15) is 0 Å². The zero-order valence-corrected chi connectivity index (χ0v) is 18.2. The second-order valence-corrected chi connectivity index (χ2v) is 2.72. The summed E-state index contributed by atoms with van der Waals surface area (Å²) in [5.74, 6) is 0. The monoisotopic (exact) mass is 287 g/mol. The zero-order valence-electron chi connectivity index (χ0n) is 6.40. The van der Waals surface area contributed by atoms with Crippen molar-refractivity contribution in [2.75, 3.05) is 0 Å². The maximum atomic E-state index is 8.89. The fourth-order valence-electron chi connectivity index (χ4n) is 0. The van der Waals surface area contributed by atoms with Gasteiger partial charge in [0.15, 0.2) is 0 Å². The van der Waals surface area contributed by atoms with Crippen molar-refractivity contribution in [3.8, 4) is 0 Å². The van der Waals surface area contributed by atoms with Crippen molar-refractivity contribution in [3.63, 3.8) is 0 Å². The molecule has 10 heteroatoms. The standard InChI is InChI=1S/CNS.3K.H2O3S2/c2-1-3;;;;1-5(2,3)4/h;;;;(H2,1,2,3,4)/q-1;3*+1;/p-2. The molecule has 0 aromatic carbocycles. The number of rotatable bonds is 0. The van der Waals surface area contributed by atoms with Gasteiger partial charge in [0.25, 0.3) is 0 Å². The van der Waals surface area contributed by atoms with Crippen molar-refractivity contribution in [3.05, 3.63) is 5.41 Å². The SMILES string of the molecule is O=S([O-])([O-])=S.[K+].[K+].[K+].[N-]=C=S. The fraction of sp³-hybridized carbons (Fsp3) is 0. The third-order valence-electron chi connectivity index (χ3n) is 0. The van der Waals surface area contributed by atoms with Crippen LogP contribution in [0, 0.1) is 0 Å². The minimum Gasteiger partial charge on any atom is -0.780 e. The third-order valence-corrected chi connectivity index (χ3v) is 0. The molecule has 0 atom stereocenters. The molecule has 0 amide bonds. The minimum absolute atomic E-state index is 0. The summed E-state index contributed by atoms with van der Waals surface area (Å²) in [6, 6.07) is 0. The van der Waals surface area contributed by atoms with Crippen LogP contribution in [0.25, 0.3) is 5.41 Å². The second kappa shape index (κ2) is 20.4. The topological polar surface area (TPSA) is 85.5 Å². The zero-order chi connectivity index (χ0) is 7.21. The predicted octanol–water partition coefficient (Wildman–Crippen LogP) is -9.34. The van der Waals surface area contributed by atoms with Crippen molar-refractivity contribution < 1.29 is 167 Å². The van der Waals surface area contributed by atoms with E-state index in [1.807, 2.05) is 0 Å². The average molecular weight is 288 g/mol.